The summed E-state index contributed by atoms with van der Waals surface area (Å²) >= 11 is 0. The van der Waals surface area contributed by atoms with E-state index in [2.05, 4.69) is 10.3 Å². The maximum Gasteiger partial charge on any atom is 0.154 e. The smallest absolute Gasteiger partial charge is 0.154 e. The van der Waals surface area contributed by atoms with Gasteiger partial charge in [0.2, 0.25) is 0 Å². The van der Waals surface area contributed by atoms with Gasteiger partial charge in [-0.05, 0) is 0 Å². The van der Waals surface area contributed by atoms with Crippen LogP contribution in [0.4, 0.5) is 0 Å². The molecule has 7 heteroatoms. The van der Waals surface area contributed by atoms with Crippen LogP contribution in [0, 0.1) is 0 Å². The van der Waals surface area contributed by atoms with Crippen molar-refractivity contribution in [1.29, 1.82) is 0 Å². The van der Waals surface area contributed by atoms with Crippen molar-refractivity contribution < 1.29 is 8.42 Å². The number of sulfone groups is 1. The predicted molar refractivity (Wildman–Crippen MR) is 45.7 cm³/mol. The quantitative estimate of drug-likeness (QED) is 0.603. The summed E-state index contributed by atoms with van der Waals surface area (Å²) in [6.07, 6.45) is 3.14. The van der Waals surface area contributed by atoms with E-state index in [1.54, 1.807) is 6.20 Å². The number of nitrogens with zero attached hydrogens (tertiary/aromatic N) is 3. The average Bonchev–Trinajstić information content (AvgIpc) is 2.56. The molecule has 2 N–H and O–H groups in total. The number of rotatable bonds is 1. The molecule has 0 saturated carbocycles. The zero-order valence-corrected chi connectivity index (χ0v) is 7.68. The van der Waals surface area contributed by atoms with Gasteiger partial charge in [-0.15, -0.1) is 5.10 Å². The molecule has 2 atom stereocenters. The molecule has 1 aliphatic rings. The second-order valence-corrected chi connectivity index (χ2v) is 5.34. The highest BCUT2D eigenvalue weighted by atomic mass is 32.2. The lowest BCUT2D eigenvalue weighted by atomic mass is 10.2. The van der Waals surface area contributed by atoms with Gasteiger partial charge in [-0.25, -0.2) is 13.1 Å². The van der Waals surface area contributed by atoms with E-state index in [9.17, 15) is 8.42 Å². The molecule has 2 heterocycles. The van der Waals surface area contributed by atoms with E-state index in [1.807, 2.05) is 0 Å². The van der Waals surface area contributed by atoms with E-state index in [-0.39, 0.29) is 23.6 Å². The molecule has 0 radical (unpaired) electrons. The van der Waals surface area contributed by atoms with Crippen LogP contribution in [-0.4, -0.2) is 41.0 Å². The van der Waals surface area contributed by atoms with Crippen molar-refractivity contribution in [2.75, 3.05) is 11.5 Å². The summed E-state index contributed by atoms with van der Waals surface area (Å²) in [5.74, 6) is 0.106. The molecule has 6 nitrogen and oxygen atoms in total. The standard InChI is InChI=1S/C6H10N4O2S/c7-5-3-13(11,12)4-6(5)10-2-1-8-9-10/h1-2,5-6H,3-4,7H2/t5-,6+/m0/s1. The van der Waals surface area contributed by atoms with Gasteiger partial charge in [-0.2, -0.15) is 0 Å². The van der Waals surface area contributed by atoms with Crippen molar-refractivity contribution >= 4 is 9.84 Å². The maximum absolute atomic E-state index is 11.2. The summed E-state index contributed by atoms with van der Waals surface area (Å²) in [4.78, 5) is 0. The summed E-state index contributed by atoms with van der Waals surface area (Å²) in [5.41, 5.74) is 5.68. The molecular weight excluding hydrogens is 192 g/mol. The Morgan fingerprint density at radius 1 is 1.46 bits per heavy atom. The van der Waals surface area contributed by atoms with Crippen molar-refractivity contribution in [3.8, 4) is 0 Å². The molecule has 1 fully saturated rings. The monoisotopic (exact) mass is 202 g/mol. The summed E-state index contributed by atoms with van der Waals surface area (Å²) in [6, 6.07) is -0.626. The molecule has 0 bridgehead atoms. The summed E-state index contributed by atoms with van der Waals surface area (Å²) in [5, 5.41) is 7.35. The Morgan fingerprint density at radius 2 is 2.23 bits per heavy atom. The van der Waals surface area contributed by atoms with Gasteiger partial charge in [-0.3, -0.25) is 0 Å². The van der Waals surface area contributed by atoms with Crippen LogP contribution in [0.15, 0.2) is 12.4 Å². The maximum atomic E-state index is 11.2. The van der Waals surface area contributed by atoms with E-state index < -0.39 is 9.84 Å². The first kappa shape index (κ1) is 8.64. The number of nitrogens with two attached hydrogens (primary N) is 1. The normalized spacial score (nSPS) is 32.1. The van der Waals surface area contributed by atoms with Crippen LogP contribution in [0.5, 0.6) is 0 Å². The van der Waals surface area contributed by atoms with Gasteiger partial charge >= 0.3 is 0 Å². The highest BCUT2D eigenvalue weighted by Gasteiger charge is 2.36. The van der Waals surface area contributed by atoms with Crippen molar-refractivity contribution in [2.24, 2.45) is 5.73 Å². The lowest BCUT2D eigenvalue weighted by Gasteiger charge is -2.12. The van der Waals surface area contributed by atoms with Gasteiger partial charge < -0.3 is 5.73 Å². The molecule has 0 unspecified atom stereocenters. The molecule has 1 aromatic rings. The molecule has 1 aromatic heterocycles. The molecule has 1 saturated heterocycles. The highest BCUT2D eigenvalue weighted by Crippen LogP contribution is 2.21. The van der Waals surface area contributed by atoms with Crippen molar-refractivity contribution in [2.45, 2.75) is 12.1 Å². The molecule has 0 spiro atoms. The Balaban J connectivity index is 2.28. The van der Waals surface area contributed by atoms with Crippen molar-refractivity contribution in [3.05, 3.63) is 12.4 Å². The topological polar surface area (TPSA) is 90.9 Å². The van der Waals surface area contributed by atoms with Crippen LogP contribution in [0.25, 0.3) is 0 Å². The van der Waals surface area contributed by atoms with Gasteiger partial charge in [0.05, 0.1) is 23.7 Å². The minimum atomic E-state index is -2.98. The number of aromatic nitrogens is 3. The molecule has 13 heavy (non-hydrogen) atoms. The molecule has 1 aliphatic heterocycles. The lowest BCUT2D eigenvalue weighted by molar-refractivity contribution is 0.439. The van der Waals surface area contributed by atoms with Gasteiger partial charge in [0.1, 0.15) is 0 Å². The molecule has 0 aliphatic carbocycles. The van der Waals surface area contributed by atoms with Crippen molar-refractivity contribution in [3.63, 3.8) is 0 Å². The Morgan fingerprint density at radius 3 is 2.69 bits per heavy atom. The molecular formula is C6H10N4O2S. The minimum Gasteiger partial charge on any atom is -0.325 e. The van der Waals surface area contributed by atoms with Crippen LogP contribution in [0.3, 0.4) is 0 Å². The second kappa shape index (κ2) is 2.78. The lowest BCUT2D eigenvalue weighted by Crippen LogP contribution is -2.31. The third kappa shape index (κ3) is 1.56. The average molecular weight is 202 g/mol. The minimum absolute atomic E-state index is 0.0392. The Bertz CT molecular complexity index is 385. The summed E-state index contributed by atoms with van der Waals surface area (Å²) in [6.45, 7) is 0. The first-order valence-corrected chi connectivity index (χ1v) is 5.72. The molecule has 0 aromatic carbocycles. The molecule has 72 valence electrons. The zero-order chi connectivity index (χ0) is 9.47. The second-order valence-electron chi connectivity index (χ2n) is 3.19. The fourth-order valence-corrected chi connectivity index (χ4v) is 3.39. The fraction of sp³-hybridized carbons (Fsp3) is 0.667. The first-order valence-electron chi connectivity index (χ1n) is 3.90. The van der Waals surface area contributed by atoms with E-state index in [1.165, 1.54) is 10.9 Å². The van der Waals surface area contributed by atoms with Crippen LogP contribution >= 0.6 is 0 Å². The largest absolute Gasteiger partial charge is 0.325 e. The third-order valence-electron chi connectivity index (χ3n) is 2.15. The van der Waals surface area contributed by atoms with Crippen LogP contribution in [-0.2, 0) is 9.84 Å². The Kier molecular flexibility index (Phi) is 1.85. The Labute approximate surface area is 75.6 Å². The van der Waals surface area contributed by atoms with Gasteiger partial charge in [-0.1, -0.05) is 5.21 Å². The van der Waals surface area contributed by atoms with Gasteiger partial charge in [0, 0.05) is 12.2 Å². The van der Waals surface area contributed by atoms with E-state index in [4.69, 9.17) is 5.73 Å². The van der Waals surface area contributed by atoms with Crippen LogP contribution in [0.2, 0.25) is 0 Å². The number of hydrogen-bond acceptors (Lipinski definition) is 5. The van der Waals surface area contributed by atoms with E-state index >= 15 is 0 Å². The fourth-order valence-electron chi connectivity index (χ4n) is 1.52. The molecule has 2 rings (SSSR count). The highest BCUT2D eigenvalue weighted by molar-refractivity contribution is 7.91. The van der Waals surface area contributed by atoms with Crippen LogP contribution < -0.4 is 5.73 Å². The van der Waals surface area contributed by atoms with Crippen molar-refractivity contribution in [1.82, 2.24) is 15.0 Å². The predicted octanol–water partition coefficient (Wildman–Crippen LogP) is -1.43. The molecule has 0 amide bonds. The van der Waals surface area contributed by atoms with Crippen LogP contribution in [0.1, 0.15) is 6.04 Å². The summed E-state index contributed by atoms with van der Waals surface area (Å²) in [7, 11) is -2.98. The SMILES string of the molecule is N[C@H]1CS(=O)(=O)C[C@H]1n1ccnn1. The summed E-state index contributed by atoms with van der Waals surface area (Å²) < 4.78 is 23.9. The van der Waals surface area contributed by atoms with Gasteiger partial charge in [0.15, 0.2) is 9.84 Å². The Hall–Kier alpha value is -0.950. The number of hydrogen-bond donors (Lipinski definition) is 1. The first-order chi connectivity index (χ1) is 6.08. The van der Waals surface area contributed by atoms with E-state index in [0.717, 1.165) is 0 Å². The third-order valence-corrected chi connectivity index (χ3v) is 3.89. The van der Waals surface area contributed by atoms with E-state index in [0.29, 0.717) is 0 Å². The van der Waals surface area contributed by atoms with Gasteiger partial charge in [0.25, 0.3) is 0 Å². The zero-order valence-electron chi connectivity index (χ0n) is 6.87.